The van der Waals surface area contributed by atoms with E-state index in [0.717, 1.165) is 30.6 Å². The fourth-order valence-corrected chi connectivity index (χ4v) is 3.36. The monoisotopic (exact) mass is 313 g/mol. The normalized spacial score (nSPS) is 21.0. The first kappa shape index (κ1) is 15.8. The third-order valence-corrected chi connectivity index (χ3v) is 5.03. The minimum absolute atomic E-state index is 0.00491. The lowest BCUT2D eigenvalue weighted by Crippen LogP contribution is -2.27. The number of hydrogen-bond acceptors (Lipinski definition) is 4. The third kappa shape index (κ3) is 2.78. The van der Waals surface area contributed by atoms with Crippen molar-refractivity contribution in [2.24, 2.45) is 5.92 Å². The number of esters is 1. The molecule has 23 heavy (non-hydrogen) atoms. The molecular formula is C19H23NO3. The smallest absolute Gasteiger partial charge is 0.309 e. The average molecular weight is 313 g/mol. The van der Waals surface area contributed by atoms with E-state index in [1.54, 1.807) is 6.08 Å². The maximum Gasteiger partial charge on any atom is 0.309 e. The van der Waals surface area contributed by atoms with Gasteiger partial charge >= 0.3 is 5.97 Å². The van der Waals surface area contributed by atoms with Crippen molar-refractivity contribution < 1.29 is 14.3 Å². The zero-order valence-electron chi connectivity index (χ0n) is 14.0. The molecule has 1 fully saturated rings. The van der Waals surface area contributed by atoms with E-state index in [0.29, 0.717) is 0 Å². The molecule has 0 atom stereocenters. The molecule has 0 bridgehead atoms. The van der Waals surface area contributed by atoms with Crippen molar-refractivity contribution in [3.8, 4) is 0 Å². The summed E-state index contributed by atoms with van der Waals surface area (Å²) in [7, 11) is 1.97. The molecule has 3 rings (SSSR count). The summed E-state index contributed by atoms with van der Waals surface area (Å²) in [6.07, 6.45) is 4.47. The van der Waals surface area contributed by atoms with Crippen LogP contribution in [-0.2, 0) is 19.7 Å². The highest BCUT2D eigenvalue weighted by atomic mass is 16.5. The first-order chi connectivity index (χ1) is 10.9. The van der Waals surface area contributed by atoms with Crippen LogP contribution in [0.1, 0.15) is 38.7 Å². The van der Waals surface area contributed by atoms with Crippen molar-refractivity contribution in [1.82, 2.24) is 0 Å². The van der Waals surface area contributed by atoms with Crippen molar-refractivity contribution >= 4 is 17.4 Å². The van der Waals surface area contributed by atoms with Crippen LogP contribution < -0.4 is 4.90 Å². The number of fused-ring (bicyclic) bond motifs is 1. The molecule has 0 unspecified atom stereocenters. The van der Waals surface area contributed by atoms with Gasteiger partial charge in [0.05, 0.1) is 5.92 Å². The van der Waals surface area contributed by atoms with Gasteiger partial charge in [-0.2, -0.15) is 0 Å². The number of hydrogen-bond donors (Lipinski definition) is 0. The van der Waals surface area contributed by atoms with Crippen LogP contribution in [-0.4, -0.2) is 25.4 Å². The van der Waals surface area contributed by atoms with Gasteiger partial charge in [0, 0.05) is 29.9 Å². The average Bonchev–Trinajstić information content (AvgIpc) is 2.65. The van der Waals surface area contributed by atoms with Crippen LogP contribution in [0.5, 0.6) is 0 Å². The molecule has 122 valence electrons. The molecule has 1 aliphatic heterocycles. The SMILES string of the molecule is CN1C(=CC(=O)COC(=O)C2CCC2)C(C)(C)c2ccccc21. The Labute approximate surface area is 137 Å². The number of rotatable bonds is 4. The minimum Gasteiger partial charge on any atom is -0.457 e. The molecule has 0 N–H and O–H groups in total. The number of carbonyl (C=O) groups excluding carboxylic acids is 2. The molecule has 4 heteroatoms. The summed E-state index contributed by atoms with van der Waals surface area (Å²) in [4.78, 5) is 26.0. The van der Waals surface area contributed by atoms with E-state index in [-0.39, 0.29) is 29.7 Å². The lowest BCUT2D eigenvalue weighted by atomic mass is 9.83. The van der Waals surface area contributed by atoms with E-state index in [1.165, 1.54) is 5.56 Å². The standard InChI is InChI=1S/C19H23NO3/c1-19(2)15-9-4-5-10-16(15)20(3)17(19)11-14(21)12-23-18(22)13-7-6-8-13/h4-5,9-11,13H,6-8,12H2,1-3H3. The highest BCUT2D eigenvalue weighted by Gasteiger charge is 2.38. The summed E-state index contributed by atoms with van der Waals surface area (Å²) in [6.45, 7) is 4.04. The molecule has 2 aliphatic rings. The highest BCUT2D eigenvalue weighted by molar-refractivity contribution is 5.94. The van der Waals surface area contributed by atoms with Gasteiger partial charge in [-0.15, -0.1) is 0 Å². The summed E-state index contributed by atoms with van der Waals surface area (Å²) in [5.41, 5.74) is 3.01. The third-order valence-electron chi connectivity index (χ3n) is 5.03. The number of ketones is 1. The quantitative estimate of drug-likeness (QED) is 0.632. The van der Waals surface area contributed by atoms with Crippen LogP contribution in [0.4, 0.5) is 5.69 Å². The second-order valence-electron chi connectivity index (χ2n) is 6.93. The van der Waals surface area contributed by atoms with E-state index in [4.69, 9.17) is 4.74 Å². The largest absolute Gasteiger partial charge is 0.457 e. The first-order valence-corrected chi connectivity index (χ1v) is 8.16. The lowest BCUT2D eigenvalue weighted by Gasteiger charge is -2.24. The topological polar surface area (TPSA) is 46.6 Å². The van der Waals surface area contributed by atoms with Crippen LogP contribution in [0.3, 0.4) is 0 Å². The summed E-state index contributed by atoms with van der Waals surface area (Å²) in [5.74, 6) is -0.393. The molecule has 1 aromatic rings. The van der Waals surface area contributed by atoms with E-state index in [1.807, 2.05) is 24.1 Å². The first-order valence-electron chi connectivity index (χ1n) is 8.16. The zero-order valence-corrected chi connectivity index (χ0v) is 14.0. The van der Waals surface area contributed by atoms with Crippen LogP contribution in [0.2, 0.25) is 0 Å². The van der Waals surface area contributed by atoms with Crippen molar-refractivity contribution in [1.29, 1.82) is 0 Å². The number of allylic oxidation sites excluding steroid dienone is 1. The summed E-state index contributed by atoms with van der Waals surface area (Å²) in [6, 6.07) is 8.16. The molecule has 0 aromatic heterocycles. The Bertz CT molecular complexity index is 671. The summed E-state index contributed by atoms with van der Waals surface area (Å²) in [5, 5.41) is 0. The summed E-state index contributed by atoms with van der Waals surface area (Å²) < 4.78 is 5.15. The predicted octanol–water partition coefficient (Wildman–Crippen LogP) is 3.21. The second-order valence-corrected chi connectivity index (χ2v) is 6.93. The van der Waals surface area contributed by atoms with Gasteiger partial charge in [-0.25, -0.2) is 0 Å². The molecule has 1 aromatic carbocycles. The number of ether oxygens (including phenoxy) is 1. The second kappa shape index (κ2) is 5.84. The Kier molecular flexibility index (Phi) is 4.00. The lowest BCUT2D eigenvalue weighted by molar-refractivity contribution is -0.153. The fourth-order valence-electron chi connectivity index (χ4n) is 3.36. The molecule has 1 heterocycles. The van der Waals surface area contributed by atoms with Crippen molar-refractivity contribution in [3.63, 3.8) is 0 Å². The maximum atomic E-state index is 12.2. The Morgan fingerprint density at radius 2 is 2.00 bits per heavy atom. The summed E-state index contributed by atoms with van der Waals surface area (Å²) >= 11 is 0. The fraction of sp³-hybridized carbons (Fsp3) is 0.474. The molecule has 0 amide bonds. The van der Waals surface area contributed by atoms with Gasteiger partial charge in [0.15, 0.2) is 12.4 Å². The predicted molar refractivity (Wildman–Crippen MR) is 89.3 cm³/mol. The molecule has 0 radical (unpaired) electrons. The molecule has 1 saturated carbocycles. The van der Waals surface area contributed by atoms with Crippen LogP contribution in [0.15, 0.2) is 36.0 Å². The molecule has 4 nitrogen and oxygen atoms in total. The number of likely N-dealkylation sites (N-methyl/N-ethyl adjacent to an activating group) is 1. The van der Waals surface area contributed by atoms with Crippen molar-refractivity contribution in [3.05, 3.63) is 41.6 Å². The van der Waals surface area contributed by atoms with E-state index < -0.39 is 0 Å². The molecule has 1 aliphatic carbocycles. The van der Waals surface area contributed by atoms with E-state index in [2.05, 4.69) is 26.0 Å². The number of anilines is 1. The van der Waals surface area contributed by atoms with Gasteiger partial charge in [0.25, 0.3) is 0 Å². The van der Waals surface area contributed by atoms with Crippen molar-refractivity contribution in [2.75, 3.05) is 18.6 Å². The van der Waals surface area contributed by atoms with Gasteiger partial charge in [0.1, 0.15) is 0 Å². The van der Waals surface area contributed by atoms with E-state index in [9.17, 15) is 9.59 Å². The Morgan fingerprint density at radius 1 is 1.30 bits per heavy atom. The van der Waals surface area contributed by atoms with Gasteiger partial charge in [-0.1, -0.05) is 38.5 Å². The number of benzene rings is 1. The van der Waals surface area contributed by atoms with Gasteiger partial charge in [0.2, 0.25) is 0 Å². The van der Waals surface area contributed by atoms with Crippen LogP contribution in [0.25, 0.3) is 0 Å². The van der Waals surface area contributed by atoms with Crippen LogP contribution >= 0.6 is 0 Å². The van der Waals surface area contributed by atoms with Crippen LogP contribution in [0, 0.1) is 5.92 Å². The van der Waals surface area contributed by atoms with E-state index >= 15 is 0 Å². The number of para-hydroxylation sites is 1. The maximum absolute atomic E-state index is 12.2. The van der Waals surface area contributed by atoms with Gasteiger partial charge < -0.3 is 9.64 Å². The number of carbonyl (C=O) groups is 2. The molecular weight excluding hydrogens is 290 g/mol. The zero-order chi connectivity index (χ0) is 16.6. The molecule has 0 saturated heterocycles. The number of nitrogens with zero attached hydrogens (tertiary/aromatic N) is 1. The highest BCUT2D eigenvalue weighted by Crippen LogP contribution is 2.46. The Morgan fingerprint density at radius 3 is 2.61 bits per heavy atom. The minimum atomic E-state index is -0.237. The Balaban J connectivity index is 1.72. The Hall–Kier alpha value is -2.10. The van der Waals surface area contributed by atoms with Gasteiger partial charge in [-0.3, -0.25) is 9.59 Å². The molecule has 0 spiro atoms. The van der Waals surface area contributed by atoms with Gasteiger partial charge in [-0.05, 0) is 24.5 Å². The van der Waals surface area contributed by atoms with Crippen molar-refractivity contribution in [2.45, 2.75) is 38.5 Å².